The number of nitrogens with one attached hydrogen (secondary N) is 2. The molecule has 1 unspecified atom stereocenters. The first kappa shape index (κ1) is 23.0. The van der Waals surface area contributed by atoms with Crippen molar-refractivity contribution in [3.63, 3.8) is 0 Å². The summed E-state index contributed by atoms with van der Waals surface area (Å²) in [7, 11) is 0. The minimum Gasteiger partial charge on any atom is -0.481 e. The third-order valence-corrected chi connectivity index (χ3v) is 5.27. The summed E-state index contributed by atoms with van der Waals surface area (Å²) in [5.41, 5.74) is 0.387. The molecule has 0 bridgehead atoms. The Bertz CT molecular complexity index is 1150. The number of rotatable bonds is 9. The number of amides is 1. The van der Waals surface area contributed by atoms with Gasteiger partial charge in [-0.1, -0.05) is 42.5 Å². The highest BCUT2D eigenvalue weighted by molar-refractivity contribution is 5.91. The van der Waals surface area contributed by atoms with Crippen molar-refractivity contribution < 1.29 is 28.6 Å². The highest BCUT2D eigenvalue weighted by Gasteiger charge is 2.36. The second kappa shape index (κ2) is 9.61. The van der Waals surface area contributed by atoms with Crippen molar-refractivity contribution in [1.29, 1.82) is 0 Å². The summed E-state index contributed by atoms with van der Waals surface area (Å²) >= 11 is 0. The topological polar surface area (TPSA) is 133 Å². The maximum Gasteiger partial charge on any atom is 0.416 e. The summed E-state index contributed by atoms with van der Waals surface area (Å²) in [5, 5.41) is 21.8. The van der Waals surface area contributed by atoms with Crippen LogP contribution in [0.3, 0.4) is 0 Å². The van der Waals surface area contributed by atoms with Gasteiger partial charge < -0.3 is 19.9 Å². The minimum absolute atomic E-state index is 0.0751. The van der Waals surface area contributed by atoms with Gasteiger partial charge in [-0.05, 0) is 37.0 Å². The van der Waals surface area contributed by atoms with E-state index in [0.717, 1.165) is 11.8 Å². The zero-order valence-corrected chi connectivity index (χ0v) is 17.3. The summed E-state index contributed by atoms with van der Waals surface area (Å²) in [4.78, 5) is 37.5. The van der Waals surface area contributed by atoms with Gasteiger partial charge in [0.15, 0.2) is 0 Å². The molecule has 0 saturated carbocycles. The number of carboxylic acids is 1. The van der Waals surface area contributed by atoms with Crippen molar-refractivity contribution in [3.05, 3.63) is 82.4 Å². The van der Waals surface area contributed by atoms with Gasteiger partial charge in [0.1, 0.15) is 5.82 Å². The monoisotopic (exact) mass is 442 g/mol. The van der Waals surface area contributed by atoms with E-state index >= 15 is 0 Å². The van der Waals surface area contributed by atoms with Crippen LogP contribution in [-0.4, -0.2) is 39.7 Å². The van der Waals surface area contributed by atoms with E-state index in [2.05, 4.69) is 10.3 Å². The third-order valence-electron chi connectivity index (χ3n) is 5.27. The lowest BCUT2D eigenvalue weighted by Gasteiger charge is -2.28. The fraction of sp³-hybridized carbons (Fsp3) is 0.261. The number of oxazole rings is 1. The second-order valence-corrected chi connectivity index (χ2v) is 7.82. The number of carbonyl (C=O) groups excluding carboxylic acids is 1. The summed E-state index contributed by atoms with van der Waals surface area (Å²) in [6.45, 7) is 0.756. The van der Waals surface area contributed by atoms with Crippen LogP contribution < -0.4 is 11.1 Å². The molecule has 0 aliphatic heterocycles. The highest BCUT2D eigenvalue weighted by Crippen LogP contribution is 2.26. The van der Waals surface area contributed by atoms with Crippen LogP contribution in [0, 0.1) is 11.2 Å². The molecule has 3 rings (SSSR count). The number of aliphatic hydroxyl groups is 1. The molecule has 3 aromatic rings. The molecule has 0 saturated heterocycles. The Balaban J connectivity index is 1.82. The molecule has 0 radical (unpaired) electrons. The Morgan fingerprint density at radius 1 is 1.19 bits per heavy atom. The Hall–Kier alpha value is -3.72. The molecule has 8 nitrogen and oxygen atoms in total. The van der Waals surface area contributed by atoms with Crippen LogP contribution in [0.5, 0.6) is 0 Å². The predicted molar refractivity (Wildman–Crippen MR) is 114 cm³/mol. The van der Waals surface area contributed by atoms with E-state index in [9.17, 15) is 29.0 Å². The van der Waals surface area contributed by atoms with Crippen molar-refractivity contribution in [2.24, 2.45) is 5.41 Å². The third kappa shape index (κ3) is 5.30. The van der Waals surface area contributed by atoms with Gasteiger partial charge in [0.2, 0.25) is 5.76 Å². The van der Waals surface area contributed by atoms with Crippen molar-refractivity contribution in [2.75, 3.05) is 6.61 Å². The summed E-state index contributed by atoms with van der Waals surface area (Å²) in [5.74, 6) is -3.28. The highest BCUT2D eigenvalue weighted by atomic mass is 19.1. The molecular weight excluding hydrogens is 419 g/mol. The molecule has 2 aromatic carbocycles. The first-order valence-electron chi connectivity index (χ1n) is 9.89. The maximum atomic E-state index is 14.0. The number of aliphatic carboxylic acids is 1. The number of aliphatic hydroxyl groups excluding tert-OH is 1. The van der Waals surface area contributed by atoms with Gasteiger partial charge in [-0.15, -0.1) is 0 Å². The quantitative estimate of drug-likeness (QED) is 0.403. The van der Waals surface area contributed by atoms with E-state index in [1.54, 1.807) is 42.5 Å². The molecule has 32 heavy (non-hydrogen) atoms. The zero-order chi connectivity index (χ0) is 23.3. The van der Waals surface area contributed by atoms with Gasteiger partial charge in [-0.25, -0.2) is 9.18 Å². The first-order valence-corrected chi connectivity index (χ1v) is 9.89. The fourth-order valence-corrected chi connectivity index (χ4v) is 3.39. The standard InChI is InChI=1S/C23H23FN2O6/c1-23(13-27,21(29)30)11-16(26-20(28)19-12-25-22(31)32-19)10-14-6-8-15(9-7-14)17-4-2-3-5-18(17)24/h2-9,12,16,27H,10-11,13H2,1H3,(H,25,31)(H,26,28)(H,29,30)/t16-,23?/m1/s1. The average Bonchev–Trinajstić information content (AvgIpc) is 3.21. The SMILES string of the molecule is CC(CO)(C[C@@H](Cc1ccc(-c2ccccc2F)cc1)NC(=O)c1c[nH]c(=O)o1)C(=O)O. The van der Waals surface area contributed by atoms with Crippen molar-refractivity contribution in [1.82, 2.24) is 10.3 Å². The fourth-order valence-electron chi connectivity index (χ4n) is 3.39. The Labute approximate surface area is 182 Å². The molecule has 1 heterocycles. The molecule has 1 amide bonds. The van der Waals surface area contributed by atoms with Gasteiger partial charge in [-0.2, -0.15) is 0 Å². The van der Waals surface area contributed by atoms with E-state index in [0.29, 0.717) is 11.1 Å². The van der Waals surface area contributed by atoms with Crippen LogP contribution in [0.4, 0.5) is 4.39 Å². The smallest absolute Gasteiger partial charge is 0.416 e. The van der Waals surface area contributed by atoms with Gasteiger partial charge in [0.25, 0.3) is 5.91 Å². The molecule has 4 N–H and O–H groups in total. The number of aromatic amines is 1. The first-order chi connectivity index (χ1) is 15.2. The van der Waals surface area contributed by atoms with Crippen LogP contribution >= 0.6 is 0 Å². The zero-order valence-electron chi connectivity index (χ0n) is 17.3. The molecule has 0 spiro atoms. The predicted octanol–water partition coefficient (Wildman–Crippen LogP) is 2.59. The van der Waals surface area contributed by atoms with Crippen molar-refractivity contribution in [3.8, 4) is 11.1 Å². The lowest BCUT2D eigenvalue weighted by Crippen LogP contribution is -2.44. The Morgan fingerprint density at radius 3 is 2.44 bits per heavy atom. The lowest BCUT2D eigenvalue weighted by atomic mass is 9.82. The van der Waals surface area contributed by atoms with Crippen LogP contribution in [0.1, 0.15) is 29.5 Å². The number of benzene rings is 2. The lowest BCUT2D eigenvalue weighted by molar-refractivity contribution is -0.151. The van der Waals surface area contributed by atoms with Crippen LogP contribution in [0.25, 0.3) is 11.1 Å². The molecule has 2 atom stereocenters. The minimum atomic E-state index is -1.50. The molecule has 168 valence electrons. The van der Waals surface area contributed by atoms with Crippen LogP contribution in [-0.2, 0) is 11.2 Å². The number of hydrogen-bond donors (Lipinski definition) is 4. The van der Waals surface area contributed by atoms with Gasteiger partial charge in [0.05, 0.1) is 18.2 Å². The Kier molecular flexibility index (Phi) is 6.89. The number of carboxylic acid groups (broad SMARTS) is 1. The number of aromatic nitrogens is 1. The normalized spacial score (nSPS) is 13.8. The van der Waals surface area contributed by atoms with E-state index in [-0.39, 0.29) is 24.4 Å². The number of halogens is 1. The van der Waals surface area contributed by atoms with Crippen molar-refractivity contribution in [2.45, 2.75) is 25.8 Å². The number of carbonyl (C=O) groups is 2. The second-order valence-electron chi connectivity index (χ2n) is 7.82. The van der Waals surface area contributed by atoms with Gasteiger partial charge >= 0.3 is 11.7 Å². The van der Waals surface area contributed by atoms with Crippen LogP contribution in [0.15, 0.2) is 63.9 Å². The number of hydrogen-bond acceptors (Lipinski definition) is 5. The Morgan fingerprint density at radius 2 is 1.88 bits per heavy atom. The average molecular weight is 442 g/mol. The molecular formula is C23H23FN2O6. The largest absolute Gasteiger partial charge is 0.481 e. The molecule has 0 fully saturated rings. The van der Waals surface area contributed by atoms with Gasteiger partial charge in [0, 0.05) is 11.6 Å². The van der Waals surface area contributed by atoms with Crippen molar-refractivity contribution >= 4 is 11.9 Å². The summed E-state index contributed by atoms with van der Waals surface area (Å²) in [6.07, 6.45) is 1.27. The van der Waals surface area contributed by atoms with E-state index in [4.69, 9.17) is 4.42 Å². The molecule has 0 aliphatic carbocycles. The number of H-pyrrole nitrogens is 1. The summed E-state index contributed by atoms with van der Waals surface area (Å²) in [6, 6.07) is 12.7. The van der Waals surface area contributed by atoms with E-state index in [1.807, 2.05) is 0 Å². The molecule has 0 aliphatic rings. The van der Waals surface area contributed by atoms with E-state index in [1.165, 1.54) is 13.0 Å². The van der Waals surface area contributed by atoms with Crippen LogP contribution in [0.2, 0.25) is 0 Å². The summed E-state index contributed by atoms with van der Waals surface area (Å²) < 4.78 is 18.8. The maximum absolute atomic E-state index is 14.0. The molecule has 9 heteroatoms. The molecule has 1 aromatic heterocycles. The van der Waals surface area contributed by atoms with Gasteiger partial charge in [-0.3, -0.25) is 14.6 Å². The van der Waals surface area contributed by atoms with E-state index < -0.39 is 35.7 Å².